The van der Waals surface area contributed by atoms with Crippen LogP contribution >= 0.6 is 0 Å². The van der Waals surface area contributed by atoms with Gasteiger partial charge in [0.15, 0.2) is 0 Å². The third-order valence-electron chi connectivity index (χ3n) is 4.82. The number of likely N-dealkylation sites (tertiary alicyclic amines) is 1. The SMILES string of the molecule is CC(C)(C)OC(=O)N1CCC(=C(F)B2OC(C)(C)C(C)(C)O2)CC1. The molecule has 2 aliphatic heterocycles. The molecule has 136 valence electrons. The van der Waals surface area contributed by atoms with Crippen molar-refractivity contribution in [3.8, 4) is 0 Å². The van der Waals surface area contributed by atoms with E-state index >= 15 is 0 Å². The zero-order valence-corrected chi connectivity index (χ0v) is 15.9. The third-order valence-corrected chi connectivity index (χ3v) is 4.82. The normalized spacial score (nSPS) is 23.4. The Hall–Kier alpha value is -1.08. The van der Waals surface area contributed by atoms with E-state index in [4.69, 9.17) is 14.0 Å². The molecule has 0 bridgehead atoms. The molecule has 0 aromatic rings. The van der Waals surface area contributed by atoms with Crippen molar-refractivity contribution < 1.29 is 23.2 Å². The van der Waals surface area contributed by atoms with E-state index in [1.165, 1.54) is 0 Å². The number of amides is 1. The Morgan fingerprint density at radius 3 is 2.00 bits per heavy atom. The molecule has 0 aromatic heterocycles. The highest BCUT2D eigenvalue weighted by Crippen LogP contribution is 2.40. The standard InChI is InChI=1S/C17H29BFNO4/c1-15(2,3)22-14(21)20-10-8-12(9-11-20)13(19)18-23-16(4,5)17(6,7)24-18/h8-11H2,1-7H3. The summed E-state index contributed by atoms with van der Waals surface area (Å²) < 4.78 is 31.6. The van der Waals surface area contributed by atoms with Gasteiger partial charge in [-0.05, 0) is 66.9 Å². The fourth-order valence-corrected chi connectivity index (χ4v) is 2.64. The van der Waals surface area contributed by atoms with Gasteiger partial charge in [-0.15, -0.1) is 0 Å². The Morgan fingerprint density at radius 1 is 1.12 bits per heavy atom. The van der Waals surface area contributed by atoms with Crippen molar-refractivity contribution in [1.29, 1.82) is 0 Å². The minimum absolute atomic E-state index is 0.349. The van der Waals surface area contributed by atoms with Gasteiger partial charge in [0.05, 0.1) is 11.2 Å². The summed E-state index contributed by atoms with van der Waals surface area (Å²) in [4.78, 5) is 13.7. The molecule has 5 nitrogen and oxygen atoms in total. The monoisotopic (exact) mass is 341 g/mol. The number of hydrogen-bond donors (Lipinski definition) is 0. The molecule has 2 fully saturated rings. The lowest BCUT2D eigenvalue weighted by molar-refractivity contribution is 0.00578. The molecule has 0 aliphatic carbocycles. The van der Waals surface area contributed by atoms with Gasteiger partial charge in [0.2, 0.25) is 0 Å². The number of ether oxygens (including phenoxy) is 1. The molecule has 0 aromatic carbocycles. The smallest absolute Gasteiger partial charge is 0.444 e. The molecule has 2 aliphatic rings. The average molecular weight is 341 g/mol. The van der Waals surface area contributed by atoms with Crippen LogP contribution in [0.2, 0.25) is 0 Å². The van der Waals surface area contributed by atoms with Crippen LogP contribution in [-0.4, -0.2) is 48.0 Å². The van der Waals surface area contributed by atoms with Crippen LogP contribution < -0.4 is 0 Å². The predicted octanol–water partition coefficient (Wildman–Crippen LogP) is 3.87. The fraction of sp³-hybridized carbons (Fsp3) is 0.824. The molecule has 24 heavy (non-hydrogen) atoms. The van der Waals surface area contributed by atoms with Crippen molar-refractivity contribution in [2.24, 2.45) is 0 Å². The highest BCUT2D eigenvalue weighted by atomic mass is 19.1. The molecule has 1 amide bonds. The maximum atomic E-state index is 14.8. The van der Waals surface area contributed by atoms with Crippen LogP contribution in [-0.2, 0) is 14.0 Å². The van der Waals surface area contributed by atoms with Gasteiger partial charge >= 0.3 is 13.2 Å². The van der Waals surface area contributed by atoms with E-state index in [9.17, 15) is 9.18 Å². The van der Waals surface area contributed by atoms with Crippen LogP contribution in [0.15, 0.2) is 11.3 Å². The van der Waals surface area contributed by atoms with Crippen LogP contribution in [0.4, 0.5) is 9.18 Å². The molecular weight excluding hydrogens is 312 g/mol. The number of nitrogens with zero attached hydrogens (tertiary/aromatic N) is 1. The molecule has 2 heterocycles. The van der Waals surface area contributed by atoms with Crippen molar-refractivity contribution in [2.45, 2.75) is 78.1 Å². The first kappa shape index (κ1) is 19.3. The van der Waals surface area contributed by atoms with Gasteiger partial charge in [-0.2, -0.15) is 0 Å². The summed E-state index contributed by atoms with van der Waals surface area (Å²) in [5.74, 6) is 0. The second-order valence-corrected chi connectivity index (χ2v) is 8.51. The van der Waals surface area contributed by atoms with Gasteiger partial charge in [-0.1, -0.05) is 0 Å². The van der Waals surface area contributed by atoms with E-state index in [0.717, 1.165) is 0 Å². The maximum absolute atomic E-state index is 14.8. The second kappa shape index (κ2) is 6.34. The molecule has 2 saturated heterocycles. The Labute approximate surface area is 144 Å². The summed E-state index contributed by atoms with van der Waals surface area (Å²) in [5, 5.41) is 0. The molecular formula is C17H29BFNO4. The highest BCUT2D eigenvalue weighted by Gasteiger charge is 2.53. The van der Waals surface area contributed by atoms with Crippen molar-refractivity contribution in [3.05, 3.63) is 11.3 Å². The van der Waals surface area contributed by atoms with Gasteiger partial charge in [-0.25, -0.2) is 9.18 Å². The molecule has 0 saturated carbocycles. The molecule has 0 radical (unpaired) electrons. The van der Waals surface area contributed by atoms with Gasteiger partial charge < -0.3 is 18.9 Å². The topological polar surface area (TPSA) is 48.0 Å². The molecule has 7 heteroatoms. The quantitative estimate of drug-likeness (QED) is 0.679. The van der Waals surface area contributed by atoms with Crippen LogP contribution in [0.1, 0.15) is 61.3 Å². The molecule has 0 unspecified atom stereocenters. The third kappa shape index (κ3) is 4.12. The maximum Gasteiger partial charge on any atom is 0.525 e. The van der Waals surface area contributed by atoms with E-state index in [1.54, 1.807) is 4.90 Å². The molecule has 0 atom stereocenters. The van der Waals surface area contributed by atoms with E-state index in [0.29, 0.717) is 31.5 Å². The minimum atomic E-state index is -0.960. The Kier molecular flexibility index (Phi) is 5.08. The van der Waals surface area contributed by atoms with Crippen molar-refractivity contribution in [1.82, 2.24) is 4.90 Å². The number of rotatable bonds is 1. The van der Waals surface area contributed by atoms with E-state index in [1.807, 2.05) is 48.5 Å². The van der Waals surface area contributed by atoms with Crippen LogP contribution in [0, 0.1) is 0 Å². The number of halogens is 1. The van der Waals surface area contributed by atoms with Gasteiger partial charge in [0.1, 0.15) is 11.3 Å². The molecule has 0 spiro atoms. The summed E-state index contributed by atoms with van der Waals surface area (Å²) in [6, 6.07) is 0. The number of carbonyl (C=O) groups excluding carboxylic acids is 1. The Bertz CT molecular complexity index is 513. The number of hydrogen-bond acceptors (Lipinski definition) is 4. The Morgan fingerprint density at radius 2 is 1.58 bits per heavy atom. The van der Waals surface area contributed by atoms with Gasteiger partial charge in [-0.3, -0.25) is 0 Å². The summed E-state index contributed by atoms with van der Waals surface area (Å²) in [5.41, 5.74) is -1.34. The Balaban J connectivity index is 1.99. The molecule has 0 N–H and O–H groups in total. The van der Waals surface area contributed by atoms with Crippen molar-refractivity contribution in [2.75, 3.05) is 13.1 Å². The molecule has 2 rings (SSSR count). The number of piperidine rings is 1. The van der Waals surface area contributed by atoms with E-state index in [-0.39, 0.29) is 11.8 Å². The predicted molar refractivity (Wildman–Crippen MR) is 91.3 cm³/mol. The lowest BCUT2D eigenvalue weighted by atomic mass is 9.82. The first-order valence-electron chi connectivity index (χ1n) is 8.53. The zero-order valence-electron chi connectivity index (χ0n) is 15.9. The van der Waals surface area contributed by atoms with Crippen LogP contribution in [0.25, 0.3) is 0 Å². The minimum Gasteiger partial charge on any atom is -0.444 e. The first-order valence-corrected chi connectivity index (χ1v) is 8.53. The van der Waals surface area contributed by atoms with Crippen LogP contribution in [0.3, 0.4) is 0 Å². The van der Waals surface area contributed by atoms with Gasteiger partial charge in [0, 0.05) is 13.1 Å². The average Bonchev–Trinajstić information content (AvgIpc) is 2.65. The summed E-state index contributed by atoms with van der Waals surface area (Å²) in [6.07, 6.45) is 0.585. The largest absolute Gasteiger partial charge is 0.525 e. The fourth-order valence-electron chi connectivity index (χ4n) is 2.64. The lowest BCUT2D eigenvalue weighted by Gasteiger charge is -2.32. The van der Waals surface area contributed by atoms with Crippen LogP contribution in [0.5, 0.6) is 0 Å². The second-order valence-electron chi connectivity index (χ2n) is 8.51. The van der Waals surface area contributed by atoms with E-state index in [2.05, 4.69) is 0 Å². The first-order chi connectivity index (χ1) is 10.8. The lowest BCUT2D eigenvalue weighted by Crippen LogP contribution is -2.41. The highest BCUT2D eigenvalue weighted by molar-refractivity contribution is 6.53. The van der Waals surface area contributed by atoms with Crippen molar-refractivity contribution in [3.63, 3.8) is 0 Å². The van der Waals surface area contributed by atoms with Gasteiger partial charge in [0.25, 0.3) is 0 Å². The van der Waals surface area contributed by atoms with E-state index < -0.39 is 23.9 Å². The number of carbonyl (C=O) groups is 1. The van der Waals surface area contributed by atoms with Crippen molar-refractivity contribution >= 4 is 13.2 Å². The summed E-state index contributed by atoms with van der Waals surface area (Å²) in [6.45, 7) is 14.0. The zero-order chi connectivity index (χ0) is 18.3. The summed E-state index contributed by atoms with van der Waals surface area (Å²) in [7, 11) is -0.960. The summed E-state index contributed by atoms with van der Waals surface area (Å²) >= 11 is 0.